The molecule has 0 fully saturated rings. The summed E-state index contributed by atoms with van der Waals surface area (Å²) in [6, 6.07) is -0.571. The second kappa shape index (κ2) is 28.5. The maximum absolute atomic E-state index is 12.0. The molecule has 0 aliphatic rings. The molecule has 244 valence electrons. The molecule has 1 atom stereocenters. The van der Waals surface area contributed by atoms with Crippen LogP contribution in [0.1, 0.15) is 109 Å². The number of carbonyl (C=O) groups is 5. The molecule has 0 bridgehead atoms. The molecule has 0 aromatic carbocycles. The summed E-state index contributed by atoms with van der Waals surface area (Å²) in [4.78, 5) is 57.0. The van der Waals surface area contributed by atoms with Crippen LogP contribution in [-0.4, -0.2) is 92.4 Å². The molecule has 0 saturated heterocycles. The van der Waals surface area contributed by atoms with E-state index in [1.165, 1.54) is 0 Å². The summed E-state index contributed by atoms with van der Waals surface area (Å²) in [7, 11) is 1.61. The monoisotopic (exact) mass is 601 g/mol. The van der Waals surface area contributed by atoms with Crippen LogP contribution in [0.4, 0.5) is 0 Å². The number of ether oxygens (including phenoxy) is 2. The number of unbranched alkanes of at least 4 members (excludes halogenated alkanes) is 7. The minimum atomic E-state index is -0.879. The molecule has 0 unspecified atom stereocenters. The number of hydrogen-bond donors (Lipinski definition) is 5. The van der Waals surface area contributed by atoms with Crippen molar-refractivity contribution in [1.29, 1.82) is 0 Å². The van der Waals surface area contributed by atoms with Crippen LogP contribution in [0.15, 0.2) is 0 Å². The topological polar surface area (TPSA) is 180 Å². The lowest BCUT2D eigenvalue weighted by Gasteiger charge is -2.10. The van der Waals surface area contributed by atoms with Gasteiger partial charge in [0.05, 0.1) is 13.2 Å². The standard InChI is InChI=1S/C30H55N3O9/c1-31-26(30(39)40)14-8-10-19-32-28(36)18-17-25(34)13-9-11-21-41-23-24-42-22-12-20-33-27(35)15-6-4-2-3-5-7-16-29(37)38/h26,31H,2-24H2,1H3,(H,32,36)(H,33,35)(H,37,38)(H,39,40)/t26-/m0/s1. The molecule has 0 aromatic rings. The van der Waals surface area contributed by atoms with Crippen molar-refractivity contribution >= 4 is 29.5 Å². The number of carbonyl (C=O) groups excluding carboxylic acids is 3. The lowest BCUT2D eigenvalue weighted by molar-refractivity contribution is -0.139. The Morgan fingerprint density at radius 3 is 1.74 bits per heavy atom. The van der Waals surface area contributed by atoms with Gasteiger partial charge in [-0.15, -0.1) is 0 Å². The number of carboxylic acid groups (broad SMARTS) is 2. The van der Waals surface area contributed by atoms with E-state index in [9.17, 15) is 24.0 Å². The number of likely N-dealkylation sites (N-methyl/N-ethyl adjacent to an activating group) is 1. The van der Waals surface area contributed by atoms with Crippen LogP contribution in [0.25, 0.3) is 0 Å². The molecule has 0 saturated carbocycles. The van der Waals surface area contributed by atoms with E-state index in [-0.39, 0.29) is 36.9 Å². The van der Waals surface area contributed by atoms with Gasteiger partial charge >= 0.3 is 11.9 Å². The lowest BCUT2D eigenvalue weighted by Crippen LogP contribution is -2.33. The van der Waals surface area contributed by atoms with E-state index in [0.29, 0.717) is 78.0 Å². The van der Waals surface area contributed by atoms with Crippen molar-refractivity contribution < 1.29 is 43.7 Å². The maximum Gasteiger partial charge on any atom is 0.320 e. The first-order valence-electron chi connectivity index (χ1n) is 15.6. The minimum absolute atomic E-state index is 0.0517. The molecule has 42 heavy (non-hydrogen) atoms. The van der Waals surface area contributed by atoms with E-state index in [1.54, 1.807) is 7.05 Å². The molecule has 0 heterocycles. The minimum Gasteiger partial charge on any atom is -0.481 e. The highest BCUT2D eigenvalue weighted by Gasteiger charge is 2.13. The Bertz CT molecular complexity index is 750. The van der Waals surface area contributed by atoms with Crippen molar-refractivity contribution in [3.05, 3.63) is 0 Å². The molecule has 0 spiro atoms. The first-order valence-corrected chi connectivity index (χ1v) is 15.6. The zero-order valence-electron chi connectivity index (χ0n) is 25.6. The molecule has 0 radical (unpaired) electrons. The molecule has 0 aliphatic heterocycles. The third-order valence-corrected chi connectivity index (χ3v) is 6.72. The summed E-state index contributed by atoms with van der Waals surface area (Å²) < 4.78 is 11.0. The molecule has 12 heteroatoms. The summed E-state index contributed by atoms with van der Waals surface area (Å²) in [5.74, 6) is -1.67. The van der Waals surface area contributed by atoms with E-state index >= 15 is 0 Å². The zero-order chi connectivity index (χ0) is 31.3. The number of carboxylic acids is 2. The first-order chi connectivity index (χ1) is 20.3. The maximum atomic E-state index is 12.0. The quantitative estimate of drug-likeness (QED) is 0.0741. The number of ketones is 1. The van der Waals surface area contributed by atoms with E-state index in [4.69, 9.17) is 19.7 Å². The second-order valence-corrected chi connectivity index (χ2v) is 10.5. The Kier molecular flexibility index (Phi) is 26.8. The predicted molar refractivity (Wildman–Crippen MR) is 159 cm³/mol. The molecular weight excluding hydrogens is 546 g/mol. The Morgan fingerprint density at radius 2 is 1.12 bits per heavy atom. The number of Topliss-reactive ketones (excluding diaryl/α,β-unsaturated/α-hetero) is 1. The van der Waals surface area contributed by atoms with E-state index in [2.05, 4.69) is 16.0 Å². The van der Waals surface area contributed by atoms with Crippen LogP contribution in [0.3, 0.4) is 0 Å². The lowest BCUT2D eigenvalue weighted by atomic mass is 10.1. The molecular formula is C30H55N3O9. The molecule has 0 aromatic heterocycles. The number of nitrogens with one attached hydrogen (secondary N) is 3. The van der Waals surface area contributed by atoms with Gasteiger partial charge in [-0.1, -0.05) is 25.7 Å². The van der Waals surface area contributed by atoms with Crippen molar-refractivity contribution in [2.45, 2.75) is 115 Å². The van der Waals surface area contributed by atoms with Crippen LogP contribution in [0.5, 0.6) is 0 Å². The van der Waals surface area contributed by atoms with Crippen molar-refractivity contribution in [2.75, 3.05) is 46.6 Å². The molecule has 0 aliphatic carbocycles. The largest absolute Gasteiger partial charge is 0.481 e. The average molecular weight is 602 g/mol. The normalized spacial score (nSPS) is 11.6. The van der Waals surface area contributed by atoms with E-state index < -0.39 is 18.0 Å². The Morgan fingerprint density at radius 1 is 0.571 bits per heavy atom. The number of hydrogen-bond acceptors (Lipinski definition) is 8. The Balaban J connectivity index is 3.40. The number of rotatable bonds is 31. The van der Waals surface area contributed by atoms with Gasteiger partial charge in [0.15, 0.2) is 0 Å². The third-order valence-electron chi connectivity index (χ3n) is 6.72. The second-order valence-electron chi connectivity index (χ2n) is 10.5. The van der Waals surface area contributed by atoms with Gasteiger partial charge in [-0.3, -0.25) is 24.0 Å². The Labute approximate surface area is 251 Å². The van der Waals surface area contributed by atoms with Gasteiger partial charge in [0.25, 0.3) is 0 Å². The van der Waals surface area contributed by atoms with Gasteiger partial charge in [-0.2, -0.15) is 0 Å². The van der Waals surface area contributed by atoms with Gasteiger partial charge in [0, 0.05) is 58.4 Å². The van der Waals surface area contributed by atoms with Crippen LogP contribution in [-0.2, 0) is 33.4 Å². The molecule has 2 amide bonds. The van der Waals surface area contributed by atoms with E-state index in [0.717, 1.165) is 51.4 Å². The molecule has 0 rings (SSSR count). The van der Waals surface area contributed by atoms with Crippen LogP contribution in [0.2, 0.25) is 0 Å². The predicted octanol–water partition coefficient (Wildman–Crippen LogP) is 3.21. The van der Waals surface area contributed by atoms with Crippen LogP contribution < -0.4 is 16.0 Å². The highest BCUT2D eigenvalue weighted by molar-refractivity contribution is 5.84. The summed E-state index contributed by atoms with van der Waals surface area (Å²) >= 11 is 0. The third kappa shape index (κ3) is 27.6. The highest BCUT2D eigenvalue weighted by atomic mass is 16.5. The summed E-state index contributed by atoms with van der Waals surface area (Å²) in [6.07, 6.45) is 11.2. The van der Waals surface area contributed by atoms with Gasteiger partial charge < -0.3 is 35.6 Å². The van der Waals surface area contributed by atoms with Gasteiger partial charge in [0.2, 0.25) is 11.8 Å². The fourth-order valence-corrected chi connectivity index (χ4v) is 4.17. The van der Waals surface area contributed by atoms with Gasteiger partial charge in [0.1, 0.15) is 11.8 Å². The van der Waals surface area contributed by atoms with Crippen molar-refractivity contribution in [2.24, 2.45) is 0 Å². The number of amides is 2. The fraction of sp³-hybridized carbons (Fsp3) is 0.833. The van der Waals surface area contributed by atoms with Crippen LogP contribution in [0, 0.1) is 0 Å². The Hall–Kier alpha value is -2.57. The summed E-state index contributed by atoms with van der Waals surface area (Å²) in [6.45, 7) is 3.10. The summed E-state index contributed by atoms with van der Waals surface area (Å²) in [5, 5.41) is 26.0. The first kappa shape index (κ1) is 39.4. The van der Waals surface area contributed by atoms with E-state index in [1.807, 2.05) is 0 Å². The van der Waals surface area contributed by atoms with Gasteiger partial charge in [-0.05, 0) is 58.4 Å². The number of aliphatic carboxylic acids is 2. The zero-order valence-corrected chi connectivity index (χ0v) is 25.6. The fourth-order valence-electron chi connectivity index (χ4n) is 4.17. The smallest absolute Gasteiger partial charge is 0.320 e. The van der Waals surface area contributed by atoms with Crippen LogP contribution >= 0.6 is 0 Å². The van der Waals surface area contributed by atoms with Crippen molar-refractivity contribution in [1.82, 2.24) is 16.0 Å². The molecule has 12 nitrogen and oxygen atoms in total. The average Bonchev–Trinajstić information content (AvgIpc) is 2.95. The molecule has 5 N–H and O–H groups in total. The van der Waals surface area contributed by atoms with Crippen molar-refractivity contribution in [3.63, 3.8) is 0 Å². The SMILES string of the molecule is CN[C@@H](CCCCNC(=O)CCC(=O)CCCCOCCOCCCNC(=O)CCCCCCCCC(=O)O)C(=O)O. The van der Waals surface area contributed by atoms with Gasteiger partial charge in [-0.25, -0.2) is 0 Å². The van der Waals surface area contributed by atoms with Crippen molar-refractivity contribution in [3.8, 4) is 0 Å². The summed E-state index contributed by atoms with van der Waals surface area (Å²) in [5.41, 5.74) is 0. The highest BCUT2D eigenvalue weighted by Crippen LogP contribution is 2.08.